The van der Waals surface area contributed by atoms with E-state index in [9.17, 15) is 4.79 Å². The Kier molecular flexibility index (Phi) is 6.55. The number of benzene rings is 1. The summed E-state index contributed by atoms with van der Waals surface area (Å²) in [5.41, 5.74) is 3.94. The number of nitrogens with zero attached hydrogens (tertiary/aromatic N) is 1. The maximum atomic E-state index is 12.2. The van der Waals surface area contributed by atoms with Gasteiger partial charge in [-0.05, 0) is 64.0 Å². The Labute approximate surface area is 148 Å². The fourth-order valence-corrected chi connectivity index (χ4v) is 2.82. The molecule has 0 fully saturated rings. The Balaban J connectivity index is 3.08. The van der Waals surface area contributed by atoms with Crippen molar-refractivity contribution >= 4 is 11.5 Å². The van der Waals surface area contributed by atoms with Crippen LogP contribution in [0.1, 0.15) is 78.0 Å². The van der Waals surface area contributed by atoms with Crippen LogP contribution in [0.2, 0.25) is 0 Å². The second kappa shape index (κ2) is 7.63. The molecule has 0 N–H and O–H groups in total. The summed E-state index contributed by atoms with van der Waals surface area (Å²) >= 11 is 0. The molecule has 1 rings (SSSR count). The van der Waals surface area contributed by atoms with E-state index in [0.717, 1.165) is 29.5 Å². The Morgan fingerprint density at radius 3 is 1.96 bits per heavy atom. The van der Waals surface area contributed by atoms with Crippen molar-refractivity contribution < 1.29 is 4.79 Å². The predicted octanol–water partition coefficient (Wildman–Crippen LogP) is 5.92. The first-order valence-corrected chi connectivity index (χ1v) is 9.01. The third-order valence-electron chi connectivity index (χ3n) is 4.91. The fourth-order valence-electron chi connectivity index (χ4n) is 2.82. The van der Waals surface area contributed by atoms with Gasteiger partial charge in [-0.1, -0.05) is 44.9 Å². The van der Waals surface area contributed by atoms with Crippen molar-refractivity contribution in [1.82, 2.24) is 0 Å². The van der Waals surface area contributed by atoms with Gasteiger partial charge in [-0.3, -0.25) is 9.79 Å². The van der Waals surface area contributed by atoms with Gasteiger partial charge in [0, 0.05) is 12.5 Å². The summed E-state index contributed by atoms with van der Waals surface area (Å²) in [5.74, 6) is 0.658. The second-order valence-electron chi connectivity index (χ2n) is 9.01. The molecule has 0 aliphatic heterocycles. The summed E-state index contributed by atoms with van der Waals surface area (Å²) in [4.78, 5) is 17.1. The molecule has 0 spiro atoms. The molecular formula is C22H35NO. The number of Topliss-reactive ketones (excluding diaryl/α,β-unsaturated/α-hetero) is 1. The monoisotopic (exact) mass is 329 g/mol. The summed E-state index contributed by atoms with van der Waals surface area (Å²) in [7, 11) is 0. The Morgan fingerprint density at radius 1 is 1.04 bits per heavy atom. The molecule has 1 aromatic carbocycles. The van der Waals surface area contributed by atoms with Crippen molar-refractivity contribution in [2.24, 2.45) is 16.3 Å². The largest absolute Gasteiger partial charge is 0.293 e. The lowest BCUT2D eigenvalue weighted by Crippen LogP contribution is -2.26. The number of rotatable bonds is 6. The topological polar surface area (TPSA) is 29.4 Å². The number of hydrogen-bond acceptors (Lipinski definition) is 2. The zero-order chi connectivity index (χ0) is 18.7. The van der Waals surface area contributed by atoms with Crippen LogP contribution in [0.25, 0.3) is 0 Å². The lowest BCUT2D eigenvalue weighted by Gasteiger charge is -2.30. The van der Waals surface area contributed by atoms with Crippen LogP contribution in [0.3, 0.4) is 0 Å². The molecule has 0 bridgehead atoms. The van der Waals surface area contributed by atoms with Gasteiger partial charge < -0.3 is 0 Å². The van der Waals surface area contributed by atoms with Gasteiger partial charge in [0.25, 0.3) is 0 Å². The number of ketones is 1. The molecule has 0 heterocycles. The lowest BCUT2D eigenvalue weighted by atomic mass is 9.77. The van der Waals surface area contributed by atoms with Crippen LogP contribution >= 0.6 is 0 Å². The molecule has 2 heteroatoms. The Morgan fingerprint density at radius 2 is 1.54 bits per heavy atom. The molecule has 0 amide bonds. The summed E-state index contributed by atoms with van der Waals surface area (Å²) in [5, 5.41) is 0. The Bertz CT molecular complexity index is 597. The first-order chi connectivity index (χ1) is 10.8. The van der Waals surface area contributed by atoms with Crippen molar-refractivity contribution in [3.8, 4) is 0 Å². The van der Waals surface area contributed by atoms with E-state index in [-0.39, 0.29) is 11.3 Å². The highest BCUT2D eigenvalue weighted by Crippen LogP contribution is 2.32. The summed E-state index contributed by atoms with van der Waals surface area (Å²) in [6, 6.07) is 6.24. The van der Waals surface area contributed by atoms with Gasteiger partial charge in [-0.25, -0.2) is 0 Å². The van der Waals surface area contributed by atoms with Gasteiger partial charge in [-0.15, -0.1) is 0 Å². The molecule has 0 radical (unpaired) electrons. The third-order valence-corrected chi connectivity index (χ3v) is 4.91. The third kappa shape index (κ3) is 6.22. The molecule has 0 saturated heterocycles. The number of carbonyl (C=O) groups excluding carboxylic acids is 1. The van der Waals surface area contributed by atoms with Crippen LogP contribution in [0, 0.1) is 25.2 Å². The van der Waals surface area contributed by atoms with Gasteiger partial charge in [0.1, 0.15) is 5.71 Å². The average Bonchev–Trinajstić information content (AvgIpc) is 2.39. The van der Waals surface area contributed by atoms with E-state index in [2.05, 4.69) is 73.6 Å². The average molecular weight is 330 g/mol. The maximum absolute atomic E-state index is 12.2. The van der Waals surface area contributed by atoms with Gasteiger partial charge in [0.15, 0.2) is 5.78 Å². The van der Waals surface area contributed by atoms with E-state index in [0.29, 0.717) is 17.0 Å². The van der Waals surface area contributed by atoms with Gasteiger partial charge in [0.2, 0.25) is 0 Å². The maximum Gasteiger partial charge on any atom is 0.178 e. The van der Waals surface area contributed by atoms with Crippen LogP contribution in [0.4, 0.5) is 0 Å². The smallest absolute Gasteiger partial charge is 0.178 e. The van der Waals surface area contributed by atoms with E-state index < -0.39 is 0 Å². The minimum absolute atomic E-state index is 0.0388. The van der Waals surface area contributed by atoms with Gasteiger partial charge in [0.05, 0.1) is 5.54 Å². The van der Waals surface area contributed by atoms with Crippen molar-refractivity contribution in [3.05, 3.63) is 34.9 Å². The Hall–Kier alpha value is -1.44. The molecule has 0 saturated carbocycles. The molecule has 1 unspecified atom stereocenters. The molecule has 1 atom stereocenters. The van der Waals surface area contributed by atoms with Crippen molar-refractivity contribution in [2.45, 2.75) is 80.7 Å². The highest BCUT2D eigenvalue weighted by atomic mass is 16.1. The van der Waals surface area contributed by atoms with Crippen LogP contribution in [0.15, 0.2) is 23.2 Å². The van der Waals surface area contributed by atoms with Crippen LogP contribution in [0.5, 0.6) is 0 Å². The van der Waals surface area contributed by atoms with Gasteiger partial charge >= 0.3 is 0 Å². The second-order valence-corrected chi connectivity index (χ2v) is 9.01. The number of hydrogen-bond donors (Lipinski definition) is 0. The van der Waals surface area contributed by atoms with E-state index in [1.165, 1.54) is 0 Å². The van der Waals surface area contributed by atoms with E-state index >= 15 is 0 Å². The van der Waals surface area contributed by atoms with E-state index in [1.54, 1.807) is 6.92 Å². The molecule has 2 nitrogen and oxygen atoms in total. The van der Waals surface area contributed by atoms with Crippen molar-refractivity contribution in [2.75, 3.05) is 0 Å². The zero-order valence-electron chi connectivity index (χ0n) is 17.1. The SMILES string of the molecule is CC(=O)C(=NC(C)(C)CCC(C)C(C)(C)C)c1cc(C)cc(C)c1. The normalized spacial score (nSPS) is 14.6. The molecule has 0 aliphatic rings. The number of aliphatic imine (C=N–C) groups is 1. The zero-order valence-corrected chi connectivity index (χ0v) is 17.1. The molecule has 134 valence electrons. The minimum atomic E-state index is -0.238. The molecular weight excluding hydrogens is 294 g/mol. The van der Waals surface area contributed by atoms with Crippen LogP contribution in [-0.4, -0.2) is 17.0 Å². The molecule has 1 aromatic rings. The fraction of sp³-hybridized carbons (Fsp3) is 0.636. The summed E-state index contributed by atoms with van der Waals surface area (Å²) in [6.45, 7) is 19.1. The summed E-state index contributed by atoms with van der Waals surface area (Å²) < 4.78 is 0. The molecule has 0 aromatic heterocycles. The predicted molar refractivity (Wildman–Crippen MR) is 105 cm³/mol. The first kappa shape index (κ1) is 20.6. The molecule has 24 heavy (non-hydrogen) atoms. The van der Waals surface area contributed by atoms with Crippen LogP contribution in [-0.2, 0) is 4.79 Å². The summed E-state index contributed by atoms with van der Waals surface area (Å²) in [6.07, 6.45) is 2.09. The quantitative estimate of drug-likeness (QED) is 0.595. The highest BCUT2D eigenvalue weighted by molar-refractivity contribution is 6.45. The van der Waals surface area contributed by atoms with E-state index in [1.807, 2.05) is 0 Å². The molecule has 0 aliphatic carbocycles. The van der Waals surface area contributed by atoms with Crippen LogP contribution < -0.4 is 0 Å². The highest BCUT2D eigenvalue weighted by Gasteiger charge is 2.25. The minimum Gasteiger partial charge on any atom is -0.293 e. The van der Waals surface area contributed by atoms with Crippen molar-refractivity contribution in [1.29, 1.82) is 0 Å². The number of carbonyl (C=O) groups is 1. The lowest BCUT2D eigenvalue weighted by molar-refractivity contribution is -0.111. The first-order valence-electron chi connectivity index (χ1n) is 9.01. The van der Waals surface area contributed by atoms with E-state index in [4.69, 9.17) is 4.99 Å². The number of aryl methyl sites for hydroxylation is 2. The van der Waals surface area contributed by atoms with Gasteiger partial charge in [-0.2, -0.15) is 0 Å². The standard InChI is InChI=1S/C22H35NO/c1-15-12-16(2)14-19(13-15)20(18(4)24)23-22(8,9)11-10-17(3)21(5,6)7/h12-14,17H,10-11H2,1-9H3. The van der Waals surface area contributed by atoms with Crippen molar-refractivity contribution in [3.63, 3.8) is 0 Å².